The van der Waals surface area contributed by atoms with E-state index in [2.05, 4.69) is 35.9 Å². The van der Waals surface area contributed by atoms with Crippen LogP contribution in [0, 0.1) is 5.92 Å². The quantitative estimate of drug-likeness (QED) is 0.862. The Bertz CT molecular complexity index is 291. The first-order valence-electron chi connectivity index (χ1n) is 7.41. The fraction of sp³-hybridized carbons (Fsp3) is 1.00. The first-order chi connectivity index (χ1) is 9.33. The predicted octanol–water partition coefficient (Wildman–Crippen LogP) is 2.01. The highest BCUT2D eigenvalue weighted by Crippen LogP contribution is 2.40. The highest BCUT2D eigenvalue weighted by molar-refractivity contribution is 8.06. The lowest BCUT2D eigenvalue weighted by Crippen LogP contribution is -2.51. The van der Waals surface area contributed by atoms with Crippen LogP contribution in [0.2, 0.25) is 0 Å². The third-order valence-electron chi connectivity index (χ3n) is 4.68. The van der Waals surface area contributed by atoms with Gasteiger partial charge in [-0.25, -0.2) is 0 Å². The van der Waals surface area contributed by atoms with E-state index in [1.54, 1.807) is 0 Å². The molecule has 0 radical (unpaired) electrons. The van der Waals surface area contributed by atoms with Gasteiger partial charge in [-0.2, -0.15) is 23.5 Å². The molecule has 0 aromatic heterocycles. The maximum absolute atomic E-state index is 6.07. The molecule has 110 valence electrons. The summed E-state index contributed by atoms with van der Waals surface area (Å²) in [6.07, 6.45) is 3.47. The number of ether oxygens (including phenoxy) is 2. The average Bonchev–Trinajstić information content (AvgIpc) is 2.89. The van der Waals surface area contributed by atoms with Crippen molar-refractivity contribution in [2.24, 2.45) is 5.92 Å². The van der Waals surface area contributed by atoms with Crippen LogP contribution in [0.4, 0.5) is 0 Å². The molecule has 3 aliphatic rings. The van der Waals surface area contributed by atoms with Crippen molar-refractivity contribution in [3.63, 3.8) is 0 Å². The van der Waals surface area contributed by atoms with E-state index in [4.69, 9.17) is 9.47 Å². The second-order valence-corrected chi connectivity index (χ2v) is 8.38. The molecule has 19 heavy (non-hydrogen) atoms. The van der Waals surface area contributed by atoms with E-state index in [9.17, 15) is 0 Å². The van der Waals surface area contributed by atoms with Crippen LogP contribution >= 0.6 is 23.5 Å². The molecule has 0 amide bonds. The summed E-state index contributed by atoms with van der Waals surface area (Å²) in [7, 11) is 2.14. The van der Waals surface area contributed by atoms with Crippen molar-refractivity contribution in [1.29, 1.82) is 0 Å². The van der Waals surface area contributed by atoms with E-state index in [1.807, 2.05) is 0 Å². The summed E-state index contributed by atoms with van der Waals surface area (Å²) in [6.45, 7) is 2.61. The molecule has 5 heteroatoms. The number of hydrogen-bond donors (Lipinski definition) is 1. The Morgan fingerprint density at radius 2 is 2.26 bits per heavy atom. The van der Waals surface area contributed by atoms with Gasteiger partial charge in [-0.05, 0) is 25.8 Å². The van der Waals surface area contributed by atoms with E-state index in [-0.39, 0.29) is 5.60 Å². The molecular weight excluding hydrogens is 278 g/mol. The molecule has 3 aliphatic heterocycles. The van der Waals surface area contributed by atoms with Crippen molar-refractivity contribution in [3.05, 3.63) is 0 Å². The lowest BCUT2D eigenvalue weighted by atomic mass is 9.80. The van der Waals surface area contributed by atoms with Crippen LogP contribution in [-0.2, 0) is 9.47 Å². The Hall–Kier alpha value is 0.580. The fourth-order valence-electron chi connectivity index (χ4n) is 3.67. The molecule has 3 rings (SSSR count). The van der Waals surface area contributed by atoms with Gasteiger partial charge in [-0.1, -0.05) is 0 Å². The monoisotopic (exact) mass is 303 g/mol. The molecule has 0 bridgehead atoms. The molecule has 3 nitrogen and oxygen atoms in total. The normalized spacial score (nSPS) is 41.5. The predicted molar refractivity (Wildman–Crippen MR) is 83.3 cm³/mol. The second-order valence-electron chi connectivity index (χ2n) is 5.89. The SMILES string of the molecule is CNC(C1CCOC2(CCOC2)C1)C1CSCCS1. The lowest BCUT2D eigenvalue weighted by molar-refractivity contribution is -0.102. The maximum atomic E-state index is 6.07. The molecule has 0 aromatic carbocycles. The summed E-state index contributed by atoms with van der Waals surface area (Å²) < 4.78 is 11.7. The molecule has 1 spiro atoms. The first kappa shape index (κ1) is 14.5. The van der Waals surface area contributed by atoms with Crippen LogP contribution < -0.4 is 5.32 Å². The first-order valence-corrected chi connectivity index (χ1v) is 9.62. The van der Waals surface area contributed by atoms with Crippen LogP contribution in [0.25, 0.3) is 0 Å². The van der Waals surface area contributed by atoms with Crippen LogP contribution in [0.5, 0.6) is 0 Å². The average molecular weight is 303 g/mol. The van der Waals surface area contributed by atoms with Crippen molar-refractivity contribution >= 4 is 23.5 Å². The Morgan fingerprint density at radius 1 is 1.32 bits per heavy atom. The summed E-state index contributed by atoms with van der Waals surface area (Å²) in [6, 6.07) is 0.638. The fourth-order valence-corrected chi connectivity index (χ4v) is 6.68. The smallest absolute Gasteiger partial charge is 0.0939 e. The minimum absolute atomic E-state index is 0.0461. The van der Waals surface area contributed by atoms with Gasteiger partial charge in [0.15, 0.2) is 0 Å². The molecule has 3 heterocycles. The topological polar surface area (TPSA) is 30.5 Å². The van der Waals surface area contributed by atoms with Gasteiger partial charge < -0.3 is 14.8 Å². The van der Waals surface area contributed by atoms with Crippen LogP contribution in [0.15, 0.2) is 0 Å². The molecule has 3 saturated heterocycles. The van der Waals surface area contributed by atoms with E-state index in [0.29, 0.717) is 6.04 Å². The van der Waals surface area contributed by atoms with Gasteiger partial charge in [0.2, 0.25) is 0 Å². The third-order valence-corrected chi connectivity index (χ3v) is 7.57. The van der Waals surface area contributed by atoms with Gasteiger partial charge in [0.05, 0.1) is 12.2 Å². The minimum atomic E-state index is 0.0461. The van der Waals surface area contributed by atoms with Gasteiger partial charge in [-0.15, -0.1) is 0 Å². The van der Waals surface area contributed by atoms with Gasteiger partial charge in [-0.3, -0.25) is 0 Å². The van der Waals surface area contributed by atoms with Crippen LogP contribution in [0.3, 0.4) is 0 Å². The van der Waals surface area contributed by atoms with E-state index in [0.717, 1.165) is 37.4 Å². The molecule has 4 atom stereocenters. The van der Waals surface area contributed by atoms with E-state index in [1.165, 1.54) is 30.1 Å². The Kier molecular flexibility index (Phi) is 5.01. The summed E-state index contributed by atoms with van der Waals surface area (Å²) >= 11 is 4.28. The zero-order valence-corrected chi connectivity index (χ0v) is 13.4. The van der Waals surface area contributed by atoms with Crippen molar-refractivity contribution in [1.82, 2.24) is 5.32 Å². The summed E-state index contributed by atoms with van der Waals surface area (Å²) in [5.74, 6) is 4.68. The van der Waals surface area contributed by atoms with E-state index >= 15 is 0 Å². The highest BCUT2D eigenvalue weighted by atomic mass is 32.2. The molecule has 0 saturated carbocycles. The molecule has 4 unspecified atom stereocenters. The molecular formula is C14H25NO2S2. The van der Waals surface area contributed by atoms with Crippen LogP contribution in [0.1, 0.15) is 19.3 Å². The molecule has 1 N–H and O–H groups in total. The molecule has 3 fully saturated rings. The third kappa shape index (κ3) is 3.26. The Balaban J connectivity index is 1.64. The van der Waals surface area contributed by atoms with Crippen molar-refractivity contribution in [3.8, 4) is 0 Å². The standard InChI is InChI=1S/C14H25NO2S2/c1-15-13(12-9-18-6-7-19-12)11-2-4-17-14(8-11)3-5-16-10-14/h11-13,15H,2-10H2,1H3. The number of hydrogen-bond acceptors (Lipinski definition) is 5. The number of rotatable bonds is 3. The van der Waals surface area contributed by atoms with Crippen molar-refractivity contribution < 1.29 is 9.47 Å². The number of nitrogens with one attached hydrogen (secondary N) is 1. The van der Waals surface area contributed by atoms with Gasteiger partial charge >= 0.3 is 0 Å². The zero-order chi connectivity index (χ0) is 13.1. The maximum Gasteiger partial charge on any atom is 0.0939 e. The van der Waals surface area contributed by atoms with Crippen molar-refractivity contribution in [2.75, 3.05) is 44.1 Å². The van der Waals surface area contributed by atoms with Gasteiger partial charge in [0.25, 0.3) is 0 Å². The Labute approximate surface area is 124 Å². The second kappa shape index (κ2) is 6.56. The van der Waals surface area contributed by atoms with Gasteiger partial charge in [0.1, 0.15) is 0 Å². The summed E-state index contributed by atoms with van der Waals surface area (Å²) in [5.41, 5.74) is 0.0461. The molecule has 0 aromatic rings. The number of thioether (sulfide) groups is 2. The summed E-state index contributed by atoms with van der Waals surface area (Å²) in [4.78, 5) is 0. The Morgan fingerprint density at radius 3 is 2.95 bits per heavy atom. The highest BCUT2D eigenvalue weighted by Gasteiger charge is 2.44. The summed E-state index contributed by atoms with van der Waals surface area (Å²) in [5, 5.41) is 4.39. The van der Waals surface area contributed by atoms with Crippen LogP contribution in [-0.4, -0.2) is 61.0 Å². The van der Waals surface area contributed by atoms with Gasteiger partial charge in [0, 0.05) is 48.2 Å². The minimum Gasteiger partial charge on any atom is -0.378 e. The van der Waals surface area contributed by atoms with E-state index < -0.39 is 0 Å². The zero-order valence-electron chi connectivity index (χ0n) is 11.7. The van der Waals surface area contributed by atoms with Crippen molar-refractivity contribution in [2.45, 2.75) is 36.2 Å². The largest absolute Gasteiger partial charge is 0.378 e. The molecule has 0 aliphatic carbocycles. The lowest BCUT2D eigenvalue weighted by Gasteiger charge is -2.43.